The predicted molar refractivity (Wildman–Crippen MR) is 89.5 cm³/mol. The van der Waals surface area contributed by atoms with Gasteiger partial charge in [0.1, 0.15) is 0 Å². The molecule has 1 aliphatic rings. The number of nitroso groups, excluding NO2 is 1. The standard InChI is InChI=1S/C13H12ClN6O3P/c1-20(19-21)13-17-11(9-5-2-3-6-10(9)14)24(22,23-13)18-12-15-7-4-8-16-12/h2-8,11H,1H3,(H,15,16,18,22)/t11-,24+/m1/s1. The van der Waals surface area contributed by atoms with Crippen LogP contribution in [0.1, 0.15) is 11.3 Å². The molecule has 0 spiro atoms. The van der Waals surface area contributed by atoms with Crippen molar-refractivity contribution < 1.29 is 9.09 Å². The maximum Gasteiger partial charge on any atom is 0.374 e. The Morgan fingerprint density at radius 1 is 1.29 bits per heavy atom. The van der Waals surface area contributed by atoms with Gasteiger partial charge in [0.2, 0.25) is 5.95 Å². The summed E-state index contributed by atoms with van der Waals surface area (Å²) in [6, 6.07) is 8.24. The van der Waals surface area contributed by atoms with Crippen LogP contribution >= 0.6 is 19.1 Å². The number of amidine groups is 1. The van der Waals surface area contributed by atoms with Gasteiger partial charge in [-0.3, -0.25) is 9.65 Å². The molecular formula is C13H12ClN6O3P. The number of nitrogens with one attached hydrogen (secondary N) is 1. The lowest BCUT2D eigenvalue weighted by atomic mass is 10.2. The Kier molecular flexibility index (Phi) is 4.46. The Hall–Kier alpha value is -2.51. The fraction of sp³-hybridized carbons (Fsp3) is 0.154. The summed E-state index contributed by atoms with van der Waals surface area (Å²) >= 11 is 6.19. The van der Waals surface area contributed by atoms with Crippen molar-refractivity contribution in [1.82, 2.24) is 15.0 Å². The van der Waals surface area contributed by atoms with E-state index in [1.165, 1.54) is 19.4 Å². The molecule has 2 aromatic rings. The van der Waals surface area contributed by atoms with Gasteiger partial charge in [-0.25, -0.2) is 15.0 Å². The molecule has 3 rings (SSSR count). The molecule has 1 N–H and O–H groups in total. The SMILES string of the molecule is CN(N=O)C1=N[C@@H](c2ccccc2Cl)[P@@](=O)(Nc2ncccn2)O1. The van der Waals surface area contributed by atoms with Gasteiger partial charge in [0, 0.05) is 30.0 Å². The van der Waals surface area contributed by atoms with Crippen molar-refractivity contribution in [2.24, 2.45) is 10.3 Å². The van der Waals surface area contributed by atoms with E-state index in [9.17, 15) is 9.47 Å². The molecule has 24 heavy (non-hydrogen) atoms. The summed E-state index contributed by atoms with van der Waals surface area (Å²) in [5, 5.41) is 6.59. The zero-order chi connectivity index (χ0) is 17.2. The van der Waals surface area contributed by atoms with E-state index in [0.29, 0.717) is 10.6 Å². The fourth-order valence-electron chi connectivity index (χ4n) is 2.07. The van der Waals surface area contributed by atoms with Gasteiger partial charge in [0.15, 0.2) is 5.78 Å². The van der Waals surface area contributed by atoms with Crippen LogP contribution in [0.15, 0.2) is 53.0 Å². The zero-order valence-corrected chi connectivity index (χ0v) is 14.1. The molecule has 0 unspecified atom stereocenters. The van der Waals surface area contributed by atoms with E-state index in [-0.39, 0.29) is 12.0 Å². The number of anilines is 1. The first-order valence-electron chi connectivity index (χ1n) is 6.77. The summed E-state index contributed by atoms with van der Waals surface area (Å²) in [6.45, 7) is 0. The fourth-order valence-corrected chi connectivity index (χ4v) is 4.30. The van der Waals surface area contributed by atoms with Crippen LogP contribution in [-0.2, 0) is 9.09 Å². The van der Waals surface area contributed by atoms with Crippen LogP contribution in [0.25, 0.3) is 0 Å². The molecule has 11 heteroatoms. The Labute approximate surface area is 142 Å². The van der Waals surface area contributed by atoms with Crippen LogP contribution < -0.4 is 5.09 Å². The number of halogens is 1. The summed E-state index contributed by atoms with van der Waals surface area (Å²) in [5.74, 6) is -0.856. The monoisotopic (exact) mass is 366 g/mol. The third-order valence-corrected chi connectivity index (χ3v) is 5.50. The van der Waals surface area contributed by atoms with Gasteiger partial charge >= 0.3 is 13.5 Å². The van der Waals surface area contributed by atoms with Crippen molar-refractivity contribution in [2.75, 3.05) is 12.1 Å². The molecule has 1 aromatic carbocycles. The average Bonchev–Trinajstić information content (AvgIpc) is 2.92. The Morgan fingerprint density at radius 2 is 2.00 bits per heavy atom. The lowest BCUT2D eigenvalue weighted by Crippen LogP contribution is -2.20. The molecule has 0 saturated heterocycles. The summed E-state index contributed by atoms with van der Waals surface area (Å²) in [7, 11) is -2.34. The zero-order valence-electron chi connectivity index (χ0n) is 12.4. The van der Waals surface area contributed by atoms with Crippen LogP contribution in [0, 0.1) is 4.91 Å². The molecule has 9 nitrogen and oxygen atoms in total. The highest BCUT2D eigenvalue weighted by Crippen LogP contribution is 2.64. The molecule has 0 saturated carbocycles. The third-order valence-electron chi connectivity index (χ3n) is 3.18. The second kappa shape index (κ2) is 6.54. The second-order valence-electron chi connectivity index (χ2n) is 4.78. The number of hydrogen-bond donors (Lipinski definition) is 1. The van der Waals surface area contributed by atoms with Crippen LogP contribution in [0.4, 0.5) is 5.95 Å². The van der Waals surface area contributed by atoms with Crippen LogP contribution in [0.2, 0.25) is 5.02 Å². The molecule has 0 radical (unpaired) electrons. The first-order valence-corrected chi connectivity index (χ1v) is 8.84. The van der Waals surface area contributed by atoms with E-state index >= 15 is 0 Å². The number of aromatic nitrogens is 2. The molecule has 124 valence electrons. The van der Waals surface area contributed by atoms with E-state index in [0.717, 1.165) is 5.01 Å². The Morgan fingerprint density at radius 3 is 2.67 bits per heavy atom. The largest absolute Gasteiger partial charge is 0.393 e. The number of aliphatic imine (C=N–C) groups is 1. The molecule has 2 atom stereocenters. The smallest absolute Gasteiger partial charge is 0.374 e. The van der Waals surface area contributed by atoms with Crippen molar-refractivity contribution in [3.63, 3.8) is 0 Å². The maximum atomic E-state index is 13.3. The van der Waals surface area contributed by atoms with Gasteiger partial charge in [-0.1, -0.05) is 29.8 Å². The molecule has 0 fully saturated rings. The quantitative estimate of drug-likeness (QED) is 0.501. The number of benzene rings is 1. The van der Waals surface area contributed by atoms with Crippen LogP contribution in [0.3, 0.4) is 0 Å². The Bertz CT molecular complexity index is 833. The molecule has 0 amide bonds. The summed E-state index contributed by atoms with van der Waals surface area (Å²) in [6.07, 6.45) is 2.98. The van der Waals surface area contributed by atoms with Gasteiger partial charge in [0.05, 0.1) is 5.29 Å². The first-order chi connectivity index (χ1) is 11.5. The highest BCUT2D eigenvalue weighted by atomic mass is 35.5. The number of hydrogen-bond acceptors (Lipinski definition) is 7. The minimum Gasteiger partial charge on any atom is -0.393 e. The van der Waals surface area contributed by atoms with Crippen molar-refractivity contribution in [1.29, 1.82) is 0 Å². The van der Waals surface area contributed by atoms with Gasteiger partial charge in [-0.15, -0.1) is 4.91 Å². The third kappa shape index (κ3) is 3.08. The van der Waals surface area contributed by atoms with Gasteiger partial charge in [-0.05, 0) is 12.1 Å². The van der Waals surface area contributed by atoms with E-state index in [1.807, 2.05) is 0 Å². The molecule has 1 aromatic heterocycles. The van der Waals surface area contributed by atoms with Gasteiger partial charge in [0.25, 0.3) is 0 Å². The van der Waals surface area contributed by atoms with Crippen LogP contribution in [-0.4, -0.2) is 28.0 Å². The molecule has 0 aliphatic carbocycles. The number of rotatable bonds is 4. The highest BCUT2D eigenvalue weighted by Gasteiger charge is 2.46. The van der Waals surface area contributed by atoms with Gasteiger partial charge in [-0.2, -0.15) is 5.01 Å². The maximum absolute atomic E-state index is 13.3. The van der Waals surface area contributed by atoms with Gasteiger partial charge < -0.3 is 4.52 Å². The summed E-state index contributed by atoms with van der Waals surface area (Å²) < 4.78 is 18.8. The molecule has 1 aliphatic heterocycles. The molecular weight excluding hydrogens is 355 g/mol. The lowest BCUT2D eigenvalue weighted by Gasteiger charge is -2.19. The van der Waals surface area contributed by atoms with E-state index in [4.69, 9.17) is 16.1 Å². The summed E-state index contributed by atoms with van der Waals surface area (Å²) in [5.41, 5.74) is 0.486. The van der Waals surface area contributed by atoms with E-state index in [1.54, 1.807) is 30.3 Å². The molecule has 2 heterocycles. The molecule has 0 bridgehead atoms. The second-order valence-corrected chi connectivity index (χ2v) is 7.28. The minimum atomic E-state index is -3.68. The highest BCUT2D eigenvalue weighted by molar-refractivity contribution is 7.61. The average molecular weight is 367 g/mol. The van der Waals surface area contributed by atoms with Crippen LogP contribution in [0.5, 0.6) is 0 Å². The lowest BCUT2D eigenvalue weighted by molar-refractivity contribution is 0.403. The first kappa shape index (κ1) is 16.4. The topological polar surface area (TPSA) is 109 Å². The van der Waals surface area contributed by atoms with Crippen molar-refractivity contribution in [2.45, 2.75) is 5.78 Å². The van der Waals surface area contributed by atoms with Crippen molar-refractivity contribution in [3.8, 4) is 0 Å². The minimum absolute atomic E-state index is 0.107. The Balaban J connectivity index is 2.02. The van der Waals surface area contributed by atoms with Crippen molar-refractivity contribution in [3.05, 3.63) is 58.2 Å². The summed E-state index contributed by atoms with van der Waals surface area (Å²) in [4.78, 5) is 22.9. The normalized spacial score (nSPS) is 22.4. The van der Waals surface area contributed by atoms with Crippen molar-refractivity contribution >= 4 is 31.1 Å². The predicted octanol–water partition coefficient (Wildman–Crippen LogP) is 3.43. The number of nitrogens with zero attached hydrogens (tertiary/aromatic N) is 5. The van der Waals surface area contributed by atoms with E-state index in [2.05, 4.69) is 25.3 Å². The van der Waals surface area contributed by atoms with E-state index < -0.39 is 13.3 Å².